The number of carbonyl (C=O) groups excluding carboxylic acids is 1. The smallest absolute Gasteiger partial charge is 0.272 e. The number of nitrogens with zero attached hydrogens (tertiary/aromatic N) is 3. The van der Waals surface area contributed by atoms with Crippen LogP contribution < -0.4 is 0 Å². The topological polar surface area (TPSA) is 38.1 Å². The van der Waals surface area contributed by atoms with Crippen molar-refractivity contribution in [2.45, 2.75) is 45.7 Å². The molecule has 1 aliphatic carbocycles. The van der Waals surface area contributed by atoms with Crippen molar-refractivity contribution in [3.05, 3.63) is 17.5 Å². The molecule has 0 radical (unpaired) electrons. The van der Waals surface area contributed by atoms with E-state index < -0.39 is 0 Å². The average Bonchev–Trinajstić information content (AvgIpc) is 2.66. The molecule has 1 aromatic heterocycles. The first-order valence-corrected chi connectivity index (χ1v) is 7.71. The fourth-order valence-electron chi connectivity index (χ4n) is 2.35. The van der Waals surface area contributed by atoms with Crippen LogP contribution in [0.4, 0.5) is 0 Å². The summed E-state index contributed by atoms with van der Waals surface area (Å²) in [7, 11) is 0. The molecule has 1 heterocycles. The summed E-state index contributed by atoms with van der Waals surface area (Å²) in [5, 5.41) is 5.18. The number of aromatic nitrogens is 2. The van der Waals surface area contributed by atoms with E-state index in [9.17, 15) is 4.79 Å². The van der Waals surface area contributed by atoms with E-state index in [-0.39, 0.29) is 5.91 Å². The molecular formula is C13H20BrN3O. The van der Waals surface area contributed by atoms with Gasteiger partial charge in [-0.05, 0) is 39.2 Å². The van der Waals surface area contributed by atoms with Gasteiger partial charge in [-0.3, -0.25) is 9.48 Å². The van der Waals surface area contributed by atoms with Gasteiger partial charge in [0.25, 0.3) is 5.91 Å². The summed E-state index contributed by atoms with van der Waals surface area (Å²) in [4.78, 5) is 14.6. The third kappa shape index (κ3) is 2.60. The lowest BCUT2D eigenvalue weighted by Gasteiger charge is -2.37. The Labute approximate surface area is 116 Å². The van der Waals surface area contributed by atoms with Gasteiger partial charge in [0, 0.05) is 24.5 Å². The molecule has 5 heteroatoms. The summed E-state index contributed by atoms with van der Waals surface area (Å²) in [5.41, 5.74) is 1.63. The molecule has 0 atom stereocenters. The second-order valence-corrected chi connectivity index (χ2v) is 5.55. The molecule has 1 saturated carbocycles. The van der Waals surface area contributed by atoms with Gasteiger partial charge in [-0.15, -0.1) is 0 Å². The molecule has 0 saturated heterocycles. The van der Waals surface area contributed by atoms with Crippen LogP contribution in [0.3, 0.4) is 0 Å². The summed E-state index contributed by atoms with van der Waals surface area (Å²) < 4.78 is 1.80. The molecule has 0 unspecified atom stereocenters. The van der Waals surface area contributed by atoms with Crippen molar-refractivity contribution in [3.8, 4) is 0 Å². The van der Waals surface area contributed by atoms with E-state index in [1.165, 1.54) is 6.42 Å². The second-order valence-electron chi connectivity index (χ2n) is 4.76. The van der Waals surface area contributed by atoms with E-state index in [0.29, 0.717) is 6.04 Å². The van der Waals surface area contributed by atoms with Gasteiger partial charge in [-0.25, -0.2) is 0 Å². The molecule has 1 fully saturated rings. The lowest BCUT2D eigenvalue weighted by Crippen LogP contribution is -2.45. The van der Waals surface area contributed by atoms with Crippen LogP contribution in [-0.2, 0) is 6.54 Å². The third-order valence-corrected chi connectivity index (χ3v) is 3.88. The monoisotopic (exact) mass is 313 g/mol. The van der Waals surface area contributed by atoms with Crippen LogP contribution in [0, 0.1) is 6.92 Å². The highest BCUT2D eigenvalue weighted by molar-refractivity contribution is 9.09. The second kappa shape index (κ2) is 5.87. The van der Waals surface area contributed by atoms with Crippen LogP contribution in [0.15, 0.2) is 6.07 Å². The Hall–Kier alpha value is -0.840. The van der Waals surface area contributed by atoms with Gasteiger partial charge in [-0.1, -0.05) is 15.9 Å². The van der Waals surface area contributed by atoms with Crippen LogP contribution >= 0.6 is 15.9 Å². The summed E-state index contributed by atoms with van der Waals surface area (Å²) in [5.74, 6) is 0.126. The summed E-state index contributed by atoms with van der Waals surface area (Å²) in [6.07, 6.45) is 3.51. The molecule has 0 spiro atoms. The van der Waals surface area contributed by atoms with Crippen molar-refractivity contribution in [2.24, 2.45) is 0 Å². The third-order valence-electron chi connectivity index (χ3n) is 3.52. The largest absolute Gasteiger partial charge is 0.334 e. The van der Waals surface area contributed by atoms with Crippen molar-refractivity contribution in [1.29, 1.82) is 0 Å². The number of halogens is 1. The number of hydrogen-bond donors (Lipinski definition) is 0. The Balaban J connectivity index is 2.20. The van der Waals surface area contributed by atoms with Gasteiger partial charge < -0.3 is 4.90 Å². The Morgan fingerprint density at radius 2 is 2.33 bits per heavy atom. The minimum Gasteiger partial charge on any atom is -0.334 e. The Morgan fingerprint density at radius 3 is 2.83 bits per heavy atom. The van der Waals surface area contributed by atoms with E-state index in [0.717, 1.165) is 42.6 Å². The van der Waals surface area contributed by atoms with E-state index in [4.69, 9.17) is 0 Å². The zero-order valence-electron chi connectivity index (χ0n) is 11.0. The predicted octanol–water partition coefficient (Wildman–Crippen LogP) is 2.60. The van der Waals surface area contributed by atoms with E-state index in [1.807, 2.05) is 24.8 Å². The molecule has 1 amide bonds. The average molecular weight is 314 g/mol. The molecule has 1 aliphatic rings. The van der Waals surface area contributed by atoms with Gasteiger partial charge in [0.05, 0.1) is 5.69 Å². The number of amides is 1. The molecule has 1 aromatic rings. The summed E-state index contributed by atoms with van der Waals surface area (Å²) in [6, 6.07) is 2.32. The zero-order chi connectivity index (χ0) is 13.1. The van der Waals surface area contributed by atoms with Crippen molar-refractivity contribution in [2.75, 3.05) is 11.9 Å². The van der Waals surface area contributed by atoms with Crippen LogP contribution in [0.5, 0.6) is 0 Å². The van der Waals surface area contributed by atoms with Crippen molar-refractivity contribution in [1.82, 2.24) is 14.7 Å². The molecule has 4 nitrogen and oxygen atoms in total. The Kier molecular flexibility index (Phi) is 4.43. The maximum Gasteiger partial charge on any atom is 0.272 e. The number of hydrogen-bond acceptors (Lipinski definition) is 2. The molecule has 18 heavy (non-hydrogen) atoms. The number of carbonyl (C=O) groups is 1. The van der Waals surface area contributed by atoms with E-state index in [1.54, 1.807) is 4.68 Å². The van der Waals surface area contributed by atoms with E-state index >= 15 is 0 Å². The molecule has 2 rings (SSSR count). The predicted molar refractivity (Wildman–Crippen MR) is 75.1 cm³/mol. The highest BCUT2D eigenvalue weighted by atomic mass is 79.9. The SMILES string of the molecule is CCn1nc(C)cc1C(=O)N(CCBr)C1CCC1. The van der Waals surface area contributed by atoms with Crippen molar-refractivity contribution in [3.63, 3.8) is 0 Å². The Morgan fingerprint density at radius 1 is 1.61 bits per heavy atom. The fraction of sp³-hybridized carbons (Fsp3) is 0.692. The first kappa shape index (κ1) is 13.6. The maximum atomic E-state index is 12.6. The standard InChI is InChI=1S/C13H20BrN3O/c1-3-17-12(9-10(2)15-17)13(18)16(8-7-14)11-5-4-6-11/h9,11H,3-8H2,1-2H3. The van der Waals surface area contributed by atoms with Crippen LogP contribution in [0.2, 0.25) is 0 Å². The van der Waals surface area contributed by atoms with Crippen LogP contribution in [-0.4, -0.2) is 38.5 Å². The van der Waals surface area contributed by atoms with Gasteiger partial charge in [0.2, 0.25) is 0 Å². The van der Waals surface area contributed by atoms with Gasteiger partial charge in [-0.2, -0.15) is 5.10 Å². The molecule has 0 aromatic carbocycles. The minimum absolute atomic E-state index is 0.126. The van der Waals surface area contributed by atoms with E-state index in [2.05, 4.69) is 21.0 Å². The normalized spacial score (nSPS) is 15.5. The van der Waals surface area contributed by atoms with Crippen molar-refractivity contribution < 1.29 is 4.79 Å². The van der Waals surface area contributed by atoms with Crippen molar-refractivity contribution >= 4 is 21.8 Å². The molecule has 100 valence electrons. The summed E-state index contributed by atoms with van der Waals surface area (Å²) >= 11 is 3.44. The number of alkyl halides is 1. The summed E-state index contributed by atoms with van der Waals surface area (Å²) in [6.45, 7) is 5.46. The first-order chi connectivity index (χ1) is 8.67. The fourth-order valence-corrected chi connectivity index (χ4v) is 2.73. The number of aryl methyl sites for hydroxylation is 2. The molecule has 0 aliphatic heterocycles. The lowest BCUT2D eigenvalue weighted by atomic mass is 9.91. The quantitative estimate of drug-likeness (QED) is 0.784. The van der Waals surface area contributed by atoms with Gasteiger partial charge in [0.15, 0.2) is 0 Å². The maximum absolute atomic E-state index is 12.6. The zero-order valence-corrected chi connectivity index (χ0v) is 12.6. The first-order valence-electron chi connectivity index (χ1n) is 6.58. The lowest BCUT2D eigenvalue weighted by molar-refractivity contribution is 0.0587. The van der Waals surface area contributed by atoms with Gasteiger partial charge in [0.1, 0.15) is 5.69 Å². The van der Waals surface area contributed by atoms with Gasteiger partial charge >= 0.3 is 0 Å². The number of rotatable bonds is 5. The highest BCUT2D eigenvalue weighted by Gasteiger charge is 2.30. The molecule has 0 bridgehead atoms. The highest BCUT2D eigenvalue weighted by Crippen LogP contribution is 2.26. The van der Waals surface area contributed by atoms with Crippen LogP contribution in [0.25, 0.3) is 0 Å². The minimum atomic E-state index is 0.126. The molecule has 0 N–H and O–H groups in total. The molecular weight excluding hydrogens is 294 g/mol. The Bertz CT molecular complexity index is 426. The van der Waals surface area contributed by atoms with Crippen LogP contribution in [0.1, 0.15) is 42.4 Å².